The van der Waals surface area contributed by atoms with Gasteiger partial charge in [0.25, 0.3) is 0 Å². The van der Waals surface area contributed by atoms with Gasteiger partial charge in [0.2, 0.25) is 0 Å². The van der Waals surface area contributed by atoms with Gasteiger partial charge in [-0.3, -0.25) is 0 Å². The maximum atomic E-state index is 4.82. The van der Waals surface area contributed by atoms with E-state index in [9.17, 15) is 0 Å². The van der Waals surface area contributed by atoms with Crippen LogP contribution in [0.4, 0.5) is 0 Å². The van der Waals surface area contributed by atoms with Crippen molar-refractivity contribution in [3.8, 4) is 0 Å². The number of hydrogen-bond donors (Lipinski definition) is 1. The second-order valence-corrected chi connectivity index (χ2v) is 7.41. The average Bonchev–Trinajstić information content (AvgIpc) is 2.64. The Bertz CT molecular complexity index is 363. The van der Waals surface area contributed by atoms with Crippen molar-refractivity contribution in [2.75, 3.05) is 6.54 Å². The predicted octanol–water partition coefficient (Wildman–Crippen LogP) is 4.49. The smallest absolute Gasteiger partial charge is 0.110 e. The fourth-order valence-corrected chi connectivity index (χ4v) is 3.19. The van der Waals surface area contributed by atoms with Gasteiger partial charge < -0.3 is 5.32 Å². The lowest BCUT2D eigenvalue weighted by molar-refractivity contribution is 0.311. The molecule has 0 saturated carbocycles. The number of hydrogen-bond acceptors (Lipinski definition) is 3. The van der Waals surface area contributed by atoms with Gasteiger partial charge in [-0.15, -0.1) is 11.3 Å². The summed E-state index contributed by atoms with van der Waals surface area (Å²) in [5.41, 5.74) is 1.60. The summed E-state index contributed by atoms with van der Waals surface area (Å²) >= 11 is 1.86. The van der Waals surface area contributed by atoms with Crippen molar-refractivity contribution >= 4 is 11.3 Å². The van der Waals surface area contributed by atoms with Gasteiger partial charge in [-0.25, -0.2) is 4.98 Å². The summed E-state index contributed by atoms with van der Waals surface area (Å²) in [5, 5.41) is 4.93. The SMILES string of the molecule is CCCNC(CC(C)(C)C)c1nc(CC)c(C)s1. The van der Waals surface area contributed by atoms with Crippen molar-refractivity contribution in [1.82, 2.24) is 10.3 Å². The molecule has 1 aromatic heterocycles. The van der Waals surface area contributed by atoms with Crippen LogP contribution in [0.15, 0.2) is 0 Å². The average molecular weight is 268 g/mol. The number of aromatic nitrogens is 1. The van der Waals surface area contributed by atoms with Crippen molar-refractivity contribution in [3.63, 3.8) is 0 Å². The quantitative estimate of drug-likeness (QED) is 0.822. The molecule has 0 fully saturated rings. The van der Waals surface area contributed by atoms with Crippen molar-refractivity contribution in [2.45, 2.75) is 66.8 Å². The molecule has 18 heavy (non-hydrogen) atoms. The Labute approximate surface area is 116 Å². The summed E-state index contributed by atoms with van der Waals surface area (Å²) in [6, 6.07) is 0.411. The lowest BCUT2D eigenvalue weighted by atomic mass is 9.88. The number of aryl methyl sites for hydroxylation is 2. The third-order valence-corrected chi connectivity index (χ3v) is 4.13. The molecule has 0 bridgehead atoms. The van der Waals surface area contributed by atoms with Crippen LogP contribution < -0.4 is 5.32 Å². The van der Waals surface area contributed by atoms with Crippen LogP contribution in [-0.2, 0) is 6.42 Å². The molecule has 3 heteroatoms. The fraction of sp³-hybridized carbons (Fsp3) is 0.800. The van der Waals surface area contributed by atoms with Crippen LogP contribution in [0.3, 0.4) is 0 Å². The van der Waals surface area contributed by atoms with Crippen molar-refractivity contribution < 1.29 is 0 Å². The van der Waals surface area contributed by atoms with E-state index in [1.54, 1.807) is 0 Å². The minimum absolute atomic E-state index is 0.331. The summed E-state index contributed by atoms with van der Waals surface area (Å²) in [6.07, 6.45) is 3.35. The Balaban J connectivity index is 2.86. The maximum Gasteiger partial charge on any atom is 0.110 e. The molecule has 1 atom stereocenters. The predicted molar refractivity (Wildman–Crippen MR) is 81.3 cm³/mol. The van der Waals surface area contributed by atoms with E-state index in [4.69, 9.17) is 4.98 Å². The molecule has 1 heterocycles. The second kappa shape index (κ2) is 6.67. The van der Waals surface area contributed by atoms with E-state index in [2.05, 4.69) is 46.9 Å². The number of nitrogens with one attached hydrogen (secondary N) is 1. The highest BCUT2D eigenvalue weighted by Crippen LogP contribution is 2.32. The molecule has 0 aliphatic heterocycles. The Kier molecular flexibility index (Phi) is 5.80. The Morgan fingerprint density at radius 3 is 2.39 bits per heavy atom. The van der Waals surface area contributed by atoms with Gasteiger partial charge in [-0.05, 0) is 38.1 Å². The van der Waals surface area contributed by atoms with Gasteiger partial charge in [0.15, 0.2) is 0 Å². The Hall–Kier alpha value is -0.410. The zero-order valence-electron chi connectivity index (χ0n) is 12.8. The molecule has 0 saturated heterocycles. The minimum atomic E-state index is 0.331. The zero-order chi connectivity index (χ0) is 13.8. The lowest BCUT2D eigenvalue weighted by Crippen LogP contribution is -2.26. The van der Waals surface area contributed by atoms with Crippen molar-refractivity contribution in [1.29, 1.82) is 0 Å². The first-order valence-corrected chi connectivity index (χ1v) is 7.88. The van der Waals surface area contributed by atoms with Crippen LogP contribution in [0.25, 0.3) is 0 Å². The molecule has 104 valence electrons. The van der Waals surface area contributed by atoms with E-state index < -0.39 is 0 Å². The molecular formula is C15H28N2S. The Morgan fingerprint density at radius 1 is 1.28 bits per heavy atom. The molecule has 2 nitrogen and oxygen atoms in total. The van der Waals surface area contributed by atoms with Crippen LogP contribution in [-0.4, -0.2) is 11.5 Å². The van der Waals surface area contributed by atoms with E-state index in [1.807, 2.05) is 11.3 Å². The second-order valence-electron chi connectivity index (χ2n) is 6.18. The Morgan fingerprint density at radius 2 is 1.94 bits per heavy atom. The summed E-state index contributed by atoms with van der Waals surface area (Å²) < 4.78 is 0. The van der Waals surface area contributed by atoms with E-state index in [0.717, 1.165) is 19.4 Å². The first kappa shape index (κ1) is 15.6. The monoisotopic (exact) mass is 268 g/mol. The van der Waals surface area contributed by atoms with Crippen LogP contribution >= 0.6 is 11.3 Å². The molecule has 1 unspecified atom stereocenters. The first-order chi connectivity index (χ1) is 8.37. The highest BCUT2D eigenvalue weighted by molar-refractivity contribution is 7.11. The van der Waals surface area contributed by atoms with Gasteiger partial charge in [0, 0.05) is 4.88 Å². The van der Waals surface area contributed by atoms with Crippen LogP contribution in [0.5, 0.6) is 0 Å². The number of rotatable bonds is 6. The third kappa shape index (κ3) is 4.69. The highest BCUT2D eigenvalue weighted by atomic mass is 32.1. The summed E-state index contributed by atoms with van der Waals surface area (Å²) in [6.45, 7) is 14.6. The van der Waals surface area contributed by atoms with Crippen LogP contribution in [0.1, 0.15) is 69.1 Å². The molecule has 0 radical (unpaired) electrons. The maximum absolute atomic E-state index is 4.82. The van der Waals surface area contributed by atoms with Gasteiger partial charge in [0.1, 0.15) is 5.01 Å². The van der Waals surface area contributed by atoms with Crippen molar-refractivity contribution in [2.24, 2.45) is 5.41 Å². The third-order valence-electron chi connectivity index (χ3n) is 3.00. The fourth-order valence-electron chi connectivity index (χ4n) is 2.11. The van der Waals surface area contributed by atoms with Crippen LogP contribution in [0.2, 0.25) is 0 Å². The lowest BCUT2D eigenvalue weighted by Gasteiger charge is -2.25. The standard InChI is InChI=1S/C15H28N2S/c1-7-9-16-13(10-15(4,5)6)14-17-12(8-2)11(3)18-14/h13,16H,7-10H2,1-6H3. The van der Waals surface area contributed by atoms with Crippen molar-refractivity contribution in [3.05, 3.63) is 15.6 Å². The van der Waals surface area contributed by atoms with Gasteiger partial charge in [0.05, 0.1) is 11.7 Å². The molecule has 0 amide bonds. The van der Waals surface area contributed by atoms with E-state index in [-0.39, 0.29) is 0 Å². The number of thiazole rings is 1. The molecule has 0 aliphatic rings. The molecule has 1 aromatic rings. The number of nitrogens with zero attached hydrogens (tertiary/aromatic N) is 1. The van der Waals surface area contributed by atoms with E-state index >= 15 is 0 Å². The van der Waals surface area contributed by atoms with Gasteiger partial charge >= 0.3 is 0 Å². The van der Waals surface area contributed by atoms with E-state index in [1.165, 1.54) is 22.0 Å². The largest absolute Gasteiger partial charge is 0.308 e. The summed E-state index contributed by atoms with van der Waals surface area (Å²) in [4.78, 5) is 6.20. The molecule has 1 N–H and O–H groups in total. The molecule has 1 rings (SSSR count). The molecule has 0 spiro atoms. The molecule has 0 aromatic carbocycles. The molecule has 0 aliphatic carbocycles. The normalized spacial score (nSPS) is 13.9. The summed E-state index contributed by atoms with van der Waals surface area (Å²) in [7, 11) is 0. The first-order valence-electron chi connectivity index (χ1n) is 7.07. The van der Waals surface area contributed by atoms with Gasteiger partial charge in [-0.1, -0.05) is 34.6 Å². The topological polar surface area (TPSA) is 24.9 Å². The highest BCUT2D eigenvalue weighted by Gasteiger charge is 2.22. The summed E-state index contributed by atoms with van der Waals surface area (Å²) in [5.74, 6) is 0. The minimum Gasteiger partial charge on any atom is -0.308 e. The molecular weight excluding hydrogens is 240 g/mol. The van der Waals surface area contributed by atoms with E-state index in [0.29, 0.717) is 11.5 Å². The van der Waals surface area contributed by atoms with Crippen LogP contribution in [0, 0.1) is 12.3 Å². The van der Waals surface area contributed by atoms with Gasteiger partial charge in [-0.2, -0.15) is 0 Å². The zero-order valence-corrected chi connectivity index (χ0v) is 13.6.